The molecule has 0 aliphatic carbocycles. The molecule has 0 spiro atoms. The van der Waals surface area contributed by atoms with Crippen molar-refractivity contribution in [2.75, 3.05) is 13.2 Å². The molecule has 1 aliphatic rings. The molecule has 0 aromatic heterocycles. The number of hydrogen-bond acceptors (Lipinski definition) is 8. The van der Waals surface area contributed by atoms with Crippen LogP contribution in [0, 0.1) is 0 Å². The maximum Gasteiger partial charge on any atom is 0.220 e. The summed E-state index contributed by atoms with van der Waals surface area (Å²) >= 11 is 0. The summed E-state index contributed by atoms with van der Waals surface area (Å²) in [5.41, 5.74) is 0. The van der Waals surface area contributed by atoms with Crippen LogP contribution in [0.15, 0.2) is 134 Å². The summed E-state index contributed by atoms with van der Waals surface area (Å²) in [6.45, 7) is 3.67. The zero-order valence-electron chi connectivity index (χ0n) is 57.9. The van der Waals surface area contributed by atoms with E-state index in [-0.39, 0.29) is 12.5 Å². The Morgan fingerprint density at radius 2 is 0.700 bits per heavy atom. The molecule has 0 aromatic rings. The Labute approximate surface area is 553 Å². The first-order valence-electron chi connectivity index (χ1n) is 37.4. The lowest BCUT2D eigenvalue weighted by Crippen LogP contribution is -2.60. The van der Waals surface area contributed by atoms with E-state index in [0.29, 0.717) is 6.42 Å². The minimum Gasteiger partial charge on any atom is -0.394 e. The fourth-order valence-corrected chi connectivity index (χ4v) is 11.1. The van der Waals surface area contributed by atoms with Crippen LogP contribution >= 0.6 is 0 Å². The Morgan fingerprint density at radius 3 is 1.07 bits per heavy atom. The highest BCUT2D eigenvalue weighted by Crippen LogP contribution is 2.23. The molecule has 1 fully saturated rings. The van der Waals surface area contributed by atoms with Crippen LogP contribution in [-0.2, 0) is 14.3 Å². The van der Waals surface area contributed by atoms with Crippen LogP contribution < -0.4 is 5.32 Å². The van der Waals surface area contributed by atoms with Crippen molar-refractivity contribution in [3.8, 4) is 0 Å². The van der Waals surface area contributed by atoms with Gasteiger partial charge < -0.3 is 40.3 Å². The molecule has 6 N–H and O–H groups in total. The number of carbonyl (C=O) groups excluding carboxylic acids is 1. The van der Waals surface area contributed by atoms with E-state index in [1.807, 2.05) is 6.08 Å². The molecule has 1 aliphatic heterocycles. The fourth-order valence-electron chi connectivity index (χ4n) is 11.1. The van der Waals surface area contributed by atoms with Gasteiger partial charge in [0.2, 0.25) is 5.91 Å². The Morgan fingerprint density at radius 1 is 0.389 bits per heavy atom. The summed E-state index contributed by atoms with van der Waals surface area (Å²) in [4.78, 5) is 13.1. The van der Waals surface area contributed by atoms with Crippen molar-refractivity contribution in [3.05, 3.63) is 134 Å². The summed E-state index contributed by atoms with van der Waals surface area (Å²) in [7, 11) is 0. The quantitative estimate of drug-likeness (QED) is 0.0261. The molecular formula is C81H139NO8. The molecule has 516 valence electrons. The van der Waals surface area contributed by atoms with Gasteiger partial charge in [-0.3, -0.25) is 4.79 Å². The Balaban J connectivity index is 2.16. The van der Waals surface area contributed by atoms with Gasteiger partial charge in [-0.1, -0.05) is 334 Å². The topological polar surface area (TPSA) is 149 Å². The first kappa shape index (κ1) is 84.3. The van der Waals surface area contributed by atoms with E-state index < -0.39 is 49.5 Å². The van der Waals surface area contributed by atoms with Crippen LogP contribution in [0.3, 0.4) is 0 Å². The lowest BCUT2D eigenvalue weighted by atomic mass is 9.99. The predicted octanol–water partition coefficient (Wildman–Crippen LogP) is 21.1. The number of unbranched alkanes of at least 4 members (excludes halogenated alkanes) is 34. The maximum absolute atomic E-state index is 13.1. The van der Waals surface area contributed by atoms with Crippen LogP contribution in [-0.4, -0.2) is 87.5 Å². The van der Waals surface area contributed by atoms with Gasteiger partial charge in [0.25, 0.3) is 0 Å². The zero-order valence-corrected chi connectivity index (χ0v) is 57.9. The number of rotatable bonds is 64. The third-order valence-electron chi connectivity index (χ3n) is 16.9. The van der Waals surface area contributed by atoms with Crippen molar-refractivity contribution in [3.63, 3.8) is 0 Å². The van der Waals surface area contributed by atoms with Gasteiger partial charge in [-0.2, -0.15) is 0 Å². The number of nitrogens with one attached hydrogen (secondary N) is 1. The molecule has 0 aromatic carbocycles. The average molecular weight is 1260 g/mol. The van der Waals surface area contributed by atoms with E-state index in [2.05, 4.69) is 141 Å². The van der Waals surface area contributed by atoms with E-state index >= 15 is 0 Å². The van der Waals surface area contributed by atoms with E-state index in [1.54, 1.807) is 6.08 Å². The highest BCUT2D eigenvalue weighted by atomic mass is 16.7. The van der Waals surface area contributed by atoms with Crippen molar-refractivity contribution in [1.82, 2.24) is 5.32 Å². The minimum absolute atomic E-state index is 0.195. The van der Waals surface area contributed by atoms with E-state index in [1.165, 1.54) is 193 Å². The molecule has 0 saturated carbocycles. The smallest absolute Gasteiger partial charge is 0.220 e. The molecule has 1 heterocycles. The molecule has 0 bridgehead atoms. The number of aliphatic hydroxyl groups is 5. The van der Waals surface area contributed by atoms with Crippen LogP contribution in [0.4, 0.5) is 0 Å². The largest absolute Gasteiger partial charge is 0.394 e. The average Bonchev–Trinajstić information content (AvgIpc) is 1.28. The number of carbonyl (C=O) groups is 1. The van der Waals surface area contributed by atoms with E-state index in [9.17, 15) is 30.3 Å². The Kier molecular flexibility index (Phi) is 63.9. The van der Waals surface area contributed by atoms with Crippen LogP contribution in [0.25, 0.3) is 0 Å². The zero-order chi connectivity index (χ0) is 64.9. The second-order valence-corrected chi connectivity index (χ2v) is 25.3. The second-order valence-electron chi connectivity index (χ2n) is 25.3. The first-order valence-corrected chi connectivity index (χ1v) is 37.4. The number of aliphatic hydroxyl groups excluding tert-OH is 5. The van der Waals surface area contributed by atoms with Gasteiger partial charge in [0, 0.05) is 6.42 Å². The first-order chi connectivity index (χ1) is 44.3. The van der Waals surface area contributed by atoms with Crippen LogP contribution in [0.1, 0.15) is 316 Å². The van der Waals surface area contributed by atoms with Gasteiger partial charge in [-0.15, -0.1) is 0 Å². The molecule has 1 saturated heterocycles. The molecule has 9 heteroatoms. The van der Waals surface area contributed by atoms with Crippen molar-refractivity contribution < 1.29 is 39.8 Å². The van der Waals surface area contributed by atoms with Crippen LogP contribution in [0.2, 0.25) is 0 Å². The predicted molar refractivity (Wildman–Crippen MR) is 387 cm³/mol. The highest BCUT2D eigenvalue weighted by Gasteiger charge is 2.44. The van der Waals surface area contributed by atoms with Gasteiger partial charge >= 0.3 is 0 Å². The summed E-state index contributed by atoms with van der Waals surface area (Å²) < 4.78 is 11.3. The molecule has 0 radical (unpaired) electrons. The molecule has 90 heavy (non-hydrogen) atoms. The molecule has 7 unspecified atom stereocenters. The van der Waals surface area contributed by atoms with Gasteiger partial charge in [0.1, 0.15) is 24.4 Å². The van der Waals surface area contributed by atoms with Gasteiger partial charge in [-0.25, -0.2) is 0 Å². The molecule has 9 nitrogen and oxygen atoms in total. The van der Waals surface area contributed by atoms with Gasteiger partial charge in [-0.05, 0) is 109 Å². The molecule has 1 amide bonds. The summed E-state index contributed by atoms with van der Waals surface area (Å²) in [5, 5.41) is 54.8. The lowest BCUT2D eigenvalue weighted by Gasteiger charge is -2.40. The number of ether oxygens (including phenoxy) is 2. The normalized spacial score (nSPS) is 18.6. The van der Waals surface area contributed by atoms with Crippen molar-refractivity contribution in [2.24, 2.45) is 0 Å². The van der Waals surface area contributed by atoms with Crippen LogP contribution in [0.5, 0.6) is 0 Å². The lowest BCUT2D eigenvalue weighted by molar-refractivity contribution is -0.302. The number of amides is 1. The minimum atomic E-state index is -1.58. The monoisotopic (exact) mass is 1250 g/mol. The van der Waals surface area contributed by atoms with Gasteiger partial charge in [0.15, 0.2) is 6.29 Å². The number of hydrogen-bond donors (Lipinski definition) is 6. The maximum atomic E-state index is 13.1. The second kappa shape index (κ2) is 68.2. The van der Waals surface area contributed by atoms with E-state index in [4.69, 9.17) is 9.47 Å². The Hall–Kier alpha value is -3.67. The fraction of sp³-hybridized carbons (Fsp3) is 0.716. The summed E-state index contributed by atoms with van der Waals surface area (Å²) in [5.74, 6) is -0.195. The molecular weight excluding hydrogens is 1110 g/mol. The molecule has 1 rings (SSSR count). The third-order valence-corrected chi connectivity index (χ3v) is 16.9. The molecule has 7 atom stereocenters. The number of allylic oxidation sites excluding steroid dienone is 21. The van der Waals surface area contributed by atoms with Crippen molar-refractivity contribution in [2.45, 2.75) is 358 Å². The summed E-state index contributed by atoms with van der Waals surface area (Å²) in [6, 6.07) is -0.840. The highest BCUT2D eigenvalue weighted by molar-refractivity contribution is 5.76. The van der Waals surface area contributed by atoms with Crippen molar-refractivity contribution in [1.29, 1.82) is 0 Å². The Bertz CT molecular complexity index is 1890. The SMILES string of the molecule is CC/C=C\C/C=C\C/C=C\C/C=C\C/C=C\C/C=C\C/C=C\C/C=C\CCCCCCCCCCCCCCC(=O)NC(COC1OC(CO)C(O)C(O)C1O)C(O)/C=C/CC/C=C/CC/C=C/CCCCCCCCCCCCCCCCCCCCCC. The summed E-state index contributed by atoms with van der Waals surface area (Å²) in [6.07, 6.45) is 97.1. The third kappa shape index (κ3) is 55.9. The van der Waals surface area contributed by atoms with Crippen molar-refractivity contribution >= 4 is 5.91 Å². The van der Waals surface area contributed by atoms with Gasteiger partial charge in [0.05, 0.1) is 25.4 Å². The van der Waals surface area contributed by atoms with E-state index in [0.717, 1.165) is 103 Å². The standard InChI is InChI=1S/C81H139NO8/c1-3-5-7-9-11-13-15-17-19-21-23-25-27-29-31-33-35-36-37-38-39-40-41-43-45-47-49-51-53-55-57-59-61-63-65-67-69-71-77(85)82-74(73-89-81-80(88)79(87)78(86)76(72-83)90-81)75(84)70-68-66-64-62-60-58-56-54-52-50-48-46-44-42-34-32-30-28-26-24-22-20-18-16-14-12-10-8-6-4-2/h5,7,11,13,17,19,23,25,29,31,35-36,38-39,41,43,52,54,60,62,68,70,74-76,78-81,83-84,86-88H,3-4,6,8-10,12,14-16,18,20-22,24,26-28,30,32-34,37,40,42,44-51,53,55-59,61,63-67,69,71-73H2,1-2H3,(H,82,85)/b7-5-,13-11-,19-17-,25-23-,31-29-,36-35-,39-38-,43-41-,54-52+,62-60+,70-68+.